The summed E-state index contributed by atoms with van der Waals surface area (Å²) < 4.78 is 19.1. The zero-order valence-corrected chi connectivity index (χ0v) is 15.7. The molecule has 27 heavy (non-hydrogen) atoms. The standard InChI is InChI=1S/C22H25FN2O2/c1-17-3-2-4-18(11-17)13-24-9-10-27-16-22(14-24)12-21(26)25(15-22)20-7-5-19(23)6-8-20/h2-8,11H,9-10,12-16H2,1H3/t22-/m0/s1. The molecule has 0 unspecified atom stereocenters. The van der Waals surface area contributed by atoms with Crippen LogP contribution in [0.2, 0.25) is 0 Å². The number of anilines is 1. The van der Waals surface area contributed by atoms with Gasteiger partial charge in [0, 0.05) is 43.7 Å². The molecule has 0 saturated carbocycles. The number of ether oxygens (including phenoxy) is 1. The molecule has 1 spiro atoms. The van der Waals surface area contributed by atoms with E-state index in [0.29, 0.717) is 26.2 Å². The van der Waals surface area contributed by atoms with E-state index in [-0.39, 0.29) is 17.1 Å². The van der Waals surface area contributed by atoms with Crippen molar-refractivity contribution in [3.05, 3.63) is 65.5 Å². The minimum absolute atomic E-state index is 0.0858. The molecule has 2 fully saturated rings. The summed E-state index contributed by atoms with van der Waals surface area (Å²) in [5, 5.41) is 0. The number of nitrogens with zero attached hydrogens (tertiary/aromatic N) is 2. The van der Waals surface area contributed by atoms with E-state index in [4.69, 9.17) is 4.74 Å². The molecule has 0 bridgehead atoms. The van der Waals surface area contributed by atoms with Crippen LogP contribution >= 0.6 is 0 Å². The van der Waals surface area contributed by atoms with Crippen LogP contribution in [0.5, 0.6) is 0 Å². The third-order valence-corrected chi connectivity index (χ3v) is 5.47. The van der Waals surface area contributed by atoms with Crippen molar-refractivity contribution in [2.45, 2.75) is 19.9 Å². The molecule has 2 aliphatic rings. The lowest BCUT2D eigenvalue weighted by atomic mass is 9.87. The van der Waals surface area contributed by atoms with E-state index in [9.17, 15) is 9.18 Å². The number of halogens is 1. The molecular formula is C22H25FN2O2. The largest absolute Gasteiger partial charge is 0.379 e. The molecule has 142 valence electrons. The highest BCUT2D eigenvalue weighted by molar-refractivity contribution is 5.96. The summed E-state index contributed by atoms with van der Waals surface area (Å²) in [5.74, 6) is -0.204. The normalized spacial score (nSPS) is 23.8. The number of hydrogen-bond donors (Lipinski definition) is 0. The predicted octanol–water partition coefficient (Wildman–Crippen LogP) is 3.39. The van der Waals surface area contributed by atoms with Crippen molar-refractivity contribution in [2.75, 3.05) is 37.7 Å². The molecule has 0 aliphatic carbocycles. The summed E-state index contributed by atoms with van der Waals surface area (Å²) in [6, 6.07) is 14.7. The van der Waals surface area contributed by atoms with Gasteiger partial charge in [0.05, 0.1) is 13.2 Å². The molecule has 0 radical (unpaired) electrons. The van der Waals surface area contributed by atoms with Crippen LogP contribution in [0.1, 0.15) is 17.5 Å². The van der Waals surface area contributed by atoms with Gasteiger partial charge in [-0.25, -0.2) is 4.39 Å². The maximum atomic E-state index is 13.2. The van der Waals surface area contributed by atoms with Gasteiger partial charge in [0.2, 0.25) is 5.91 Å². The number of amides is 1. The van der Waals surface area contributed by atoms with Crippen molar-refractivity contribution in [1.82, 2.24) is 4.90 Å². The smallest absolute Gasteiger partial charge is 0.227 e. The van der Waals surface area contributed by atoms with Crippen molar-refractivity contribution in [3.63, 3.8) is 0 Å². The van der Waals surface area contributed by atoms with Crippen LogP contribution in [0.4, 0.5) is 10.1 Å². The third kappa shape index (κ3) is 4.04. The fraction of sp³-hybridized carbons (Fsp3) is 0.409. The van der Waals surface area contributed by atoms with Crippen LogP contribution in [-0.4, -0.2) is 43.7 Å². The fourth-order valence-corrected chi connectivity index (χ4v) is 4.24. The summed E-state index contributed by atoms with van der Waals surface area (Å²) in [5.41, 5.74) is 3.08. The van der Waals surface area contributed by atoms with E-state index >= 15 is 0 Å². The van der Waals surface area contributed by atoms with Crippen LogP contribution < -0.4 is 4.90 Å². The summed E-state index contributed by atoms with van der Waals surface area (Å²) in [6.07, 6.45) is 0.467. The lowest BCUT2D eigenvalue weighted by molar-refractivity contribution is -0.118. The minimum atomic E-state index is -0.290. The molecule has 4 rings (SSSR count). The van der Waals surface area contributed by atoms with E-state index < -0.39 is 0 Å². The molecule has 2 aromatic carbocycles. The van der Waals surface area contributed by atoms with Gasteiger partial charge < -0.3 is 9.64 Å². The first-order valence-corrected chi connectivity index (χ1v) is 9.45. The van der Waals surface area contributed by atoms with Crippen molar-refractivity contribution in [1.29, 1.82) is 0 Å². The van der Waals surface area contributed by atoms with Gasteiger partial charge in [0.15, 0.2) is 0 Å². The third-order valence-electron chi connectivity index (χ3n) is 5.47. The number of carbonyl (C=O) groups excluding carboxylic acids is 1. The average Bonchev–Trinajstić information content (AvgIpc) is 2.82. The van der Waals surface area contributed by atoms with Crippen LogP contribution in [0, 0.1) is 18.2 Å². The molecule has 2 heterocycles. The van der Waals surface area contributed by atoms with Crippen molar-refractivity contribution in [3.8, 4) is 0 Å². The topological polar surface area (TPSA) is 32.8 Å². The van der Waals surface area contributed by atoms with Crippen LogP contribution in [0.25, 0.3) is 0 Å². The SMILES string of the molecule is Cc1cccc(CN2CCOC[C@@]3(CC(=O)N(c4ccc(F)cc4)C3)C2)c1. The second-order valence-electron chi connectivity index (χ2n) is 7.89. The minimum Gasteiger partial charge on any atom is -0.379 e. The van der Waals surface area contributed by atoms with E-state index in [2.05, 4.69) is 36.1 Å². The lowest BCUT2D eigenvalue weighted by Crippen LogP contribution is -2.40. The Morgan fingerprint density at radius 1 is 1.15 bits per heavy atom. The molecule has 4 nitrogen and oxygen atoms in total. The highest BCUT2D eigenvalue weighted by Crippen LogP contribution is 2.37. The molecule has 2 saturated heterocycles. The fourth-order valence-electron chi connectivity index (χ4n) is 4.24. The summed E-state index contributed by atoms with van der Waals surface area (Å²) in [6.45, 7) is 6.52. The van der Waals surface area contributed by atoms with Gasteiger partial charge in [-0.1, -0.05) is 29.8 Å². The highest BCUT2D eigenvalue weighted by atomic mass is 19.1. The van der Waals surface area contributed by atoms with E-state index in [1.165, 1.54) is 23.3 Å². The maximum Gasteiger partial charge on any atom is 0.227 e. The lowest BCUT2D eigenvalue weighted by Gasteiger charge is -2.31. The van der Waals surface area contributed by atoms with E-state index in [0.717, 1.165) is 25.3 Å². The monoisotopic (exact) mass is 368 g/mol. The Bertz CT molecular complexity index is 823. The molecule has 2 aliphatic heterocycles. The first kappa shape index (κ1) is 18.1. The van der Waals surface area contributed by atoms with Crippen LogP contribution in [-0.2, 0) is 16.1 Å². The molecule has 0 N–H and O–H groups in total. The van der Waals surface area contributed by atoms with Gasteiger partial charge in [-0.2, -0.15) is 0 Å². The Morgan fingerprint density at radius 2 is 1.96 bits per heavy atom. The first-order valence-electron chi connectivity index (χ1n) is 9.45. The molecular weight excluding hydrogens is 343 g/mol. The predicted molar refractivity (Wildman–Crippen MR) is 103 cm³/mol. The van der Waals surface area contributed by atoms with E-state index in [1.54, 1.807) is 17.0 Å². The Kier molecular flexibility index (Phi) is 4.98. The highest BCUT2D eigenvalue weighted by Gasteiger charge is 2.45. The van der Waals surface area contributed by atoms with Gasteiger partial charge in [-0.05, 0) is 36.8 Å². The van der Waals surface area contributed by atoms with Gasteiger partial charge in [-0.3, -0.25) is 9.69 Å². The van der Waals surface area contributed by atoms with Gasteiger partial charge in [-0.15, -0.1) is 0 Å². The number of aryl methyl sites for hydroxylation is 1. The van der Waals surface area contributed by atoms with Gasteiger partial charge in [0.25, 0.3) is 0 Å². The molecule has 1 atom stereocenters. The Balaban J connectivity index is 1.51. The Morgan fingerprint density at radius 3 is 2.74 bits per heavy atom. The number of benzene rings is 2. The van der Waals surface area contributed by atoms with E-state index in [1.807, 2.05) is 0 Å². The van der Waals surface area contributed by atoms with Crippen molar-refractivity contribution >= 4 is 11.6 Å². The summed E-state index contributed by atoms with van der Waals surface area (Å²) in [4.78, 5) is 16.9. The van der Waals surface area contributed by atoms with Crippen molar-refractivity contribution < 1.29 is 13.9 Å². The van der Waals surface area contributed by atoms with Crippen LogP contribution in [0.15, 0.2) is 48.5 Å². The zero-order valence-electron chi connectivity index (χ0n) is 15.7. The molecule has 2 aromatic rings. The number of carbonyl (C=O) groups is 1. The second-order valence-corrected chi connectivity index (χ2v) is 7.89. The number of hydrogen-bond acceptors (Lipinski definition) is 3. The van der Waals surface area contributed by atoms with Gasteiger partial charge >= 0.3 is 0 Å². The second kappa shape index (κ2) is 7.41. The Hall–Kier alpha value is -2.24. The zero-order chi connectivity index (χ0) is 18.9. The van der Waals surface area contributed by atoms with Crippen molar-refractivity contribution in [2.24, 2.45) is 5.41 Å². The molecule has 0 aromatic heterocycles. The maximum absolute atomic E-state index is 13.2. The summed E-state index contributed by atoms with van der Waals surface area (Å²) in [7, 11) is 0. The van der Waals surface area contributed by atoms with Crippen LogP contribution in [0.3, 0.4) is 0 Å². The molecule has 1 amide bonds. The summed E-state index contributed by atoms with van der Waals surface area (Å²) >= 11 is 0. The number of rotatable bonds is 3. The van der Waals surface area contributed by atoms with Gasteiger partial charge in [0.1, 0.15) is 5.82 Å². The quantitative estimate of drug-likeness (QED) is 0.833. The first-order chi connectivity index (χ1) is 13.0. The Labute approximate surface area is 159 Å². The average molecular weight is 368 g/mol. The molecule has 5 heteroatoms.